The molecule has 0 atom stereocenters. The molecule has 0 spiro atoms. The summed E-state index contributed by atoms with van der Waals surface area (Å²) in [5.41, 5.74) is 2.87. The number of rotatable bonds is 8. The molecular weight excluding hydrogens is 316 g/mol. The Bertz CT molecular complexity index is 714. The lowest BCUT2D eigenvalue weighted by Crippen LogP contribution is -2.24. The molecule has 0 bridgehead atoms. The highest BCUT2D eigenvalue weighted by Crippen LogP contribution is 2.28. The molecule has 0 heterocycles. The van der Waals surface area contributed by atoms with Gasteiger partial charge in [-0.3, -0.25) is 4.79 Å². The second-order valence-electron chi connectivity index (χ2n) is 5.99. The normalized spacial score (nSPS) is 10.6. The van der Waals surface area contributed by atoms with Crippen LogP contribution in [0.5, 0.6) is 11.5 Å². The van der Waals surface area contributed by atoms with Crippen molar-refractivity contribution >= 4 is 5.91 Å². The molecule has 0 aliphatic carbocycles. The number of amides is 1. The summed E-state index contributed by atoms with van der Waals surface area (Å²) in [6, 6.07) is 13.3. The van der Waals surface area contributed by atoms with Gasteiger partial charge in [-0.2, -0.15) is 0 Å². The molecule has 0 saturated carbocycles. The Morgan fingerprint density at radius 2 is 1.80 bits per heavy atom. The quantitative estimate of drug-likeness (QED) is 0.801. The molecular formula is C20H26N2O3. The van der Waals surface area contributed by atoms with Crippen molar-refractivity contribution < 1.29 is 14.3 Å². The van der Waals surface area contributed by atoms with Crippen LogP contribution < -0.4 is 14.8 Å². The van der Waals surface area contributed by atoms with Gasteiger partial charge in [-0.05, 0) is 50.3 Å². The fourth-order valence-corrected chi connectivity index (χ4v) is 2.59. The van der Waals surface area contributed by atoms with Crippen LogP contribution in [0.4, 0.5) is 0 Å². The Kier molecular flexibility index (Phi) is 6.83. The highest BCUT2D eigenvalue weighted by molar-refractivity contribution is 5.94. The van der Waals surface area contributed by atoms with Crippen LogP contribution in [0.15, 0.2) is 42.5 Å². The van der Waals surface area contributed by atoms with Crippen molar-refractivity contribution in [3.8, 4) is 11.5 Å². The minimum Gasteiger partial charge on any atom is -0.493 e. The molecule has 2 rings (SSSR count). The zero-order valence-electron chi connectivity index (χ0n) is 15.3. The molecule has 2 aromatic rings. The Morgan fingerprint density at radius 1 is 1.08 bits per heavy atom. The molecule has 0 saturated heterocycles. The van der Waals surface area contributed by atoms with Crippen molar-refractivity contribution in [2.75, 3.05) is 27.8 Å². The zero-order valence-corrected chi connectivity index (χ0v) is 15.3. The van der Waals surface area contributed by atoms with E-state index < -0.39 is 0 Å². The van der Waals surface area contributed by atoms with Gasteiger partial charge in [0.25, 0.3) is 5.91 Å². The third-order valence-electron chi connectivity index (χ3n) is 3.77. The van der Waals surface area contributed by atoms with E-state index in [1.54, 1.807) is 25.3 Å². The zero-order chi connectivity index (χ0) is 18.2. The van der Waals surface area contributed by atoms with E-state index in [1.807, 2.05) is 39.2 Å². The first-order chi connectivity index (χ1) is 12.0. The van der Waals surface area contributed by atoms with Gasteiger partial charge in [-0.25, -0.2) is 0 Å². The number of nitrogens with one attached hydrogen (secondary N) is 1. The molecule has 0 unspecified atom stereocenters. The topological polar surface area (TPSA) is 50.8 Å². The van der Waals surface area contributed by atoms with Gasteiger partial charge in [0.05, 0.1) is 13.7 Å². The first-order valence-electron chi connectivity index (χ1n) is 8.35. The molecule has 1 N–H and O–H groups in total. The highest BCUT2D eigenvalue weighted by atomic mass is 16.5. The molecule has 5 nitrogen and oxygen atoms in total. The average Bonchev–Trinajstić information content (AvgIpc) is 2.60. The maximum Gasteiger partial charge on any atom is 0.251 e. The lowest BCUT2D eigenvalue weighted by Gasteiger charge is -2.15. The third kappa shape index (κ3) is 5.22. The Morgan fingerprint density at radius 3 is 2.44 bits per heavy atom. The van der Waals surface area contributed by atoms with Crippen LogP contribution in [-0.4, -0.2) is 38.6 Å². The fraction of sp³-hybridized carbons (Fsp3) is 0.350. The predicted molar refractivity (Wildman–Crippen MR) is 99.2 cm³/mol. The first kappa shape index (κ1) is 18.8. The minimum atomic E-state index is -0.138. The molecule has 5 heteroatoms. The summed E-state index contributed by atoms with van der Waals surface area (Å²) < 4.78 is 10.8. The van der Waals surface area contributed by atoms with Crippen molar-refractivity contribution in [1.82, 2.24) is 10.2 Å². The van der Waals surface area contributed by atoms with E-state index >= 15 is 0 Å². The van der Waals surface area contributed by atoms with Gasteiger partial charge in [0.2, 0.25) is 0 Å². The van der Waals surface area contributed by atoms with Crippen LogP contribution in [0.3, 0.4) is 0 Å². The van der Waals surface area contributed by atoms with Crippen molar-refractivity contribution in [3.05, 3.63) is 59.2 Å². The van der Waals surface area contributed by atoms with Crippen molar-refractivity contribution in [3.63, 3.8) is 0 Å². The van der Waals surface area contributed by atoms with Crippen molar-refractivity contribution in [2.45, 2.75) is 20.0 Å². The number of carbonyl (C=O) groups excluding carboxylic acids is 1. The van der Waals surface area contributed by atoms with Gasteiger partial charge in [0.1, 0.15) is 0 Å². The summed E-state index contributed by atoms with van der Waals surface area (Å²) in [6.07, 6.45) is 0. The van der Waals surface area contributed by atoms with Gasteiger partial charge in [0, 0.05) is 18.7 Å². The SMILES string of the molecule is CCOc1ccc(C(=O)NCc2ccccc2CN(C)C)cc1OC. The van der Waals surface area contributed by atoms with E-state index in [2.05, 4.69) is 16.3 Å². The maximum atomic E-state index is 12.5. The largest absolute Gasteiger partial charge is 0.493 e. The Balaban J connectivity index is 2.08. The van der Waals surface area contributed by atoms with Crippen LogP contribution >= 0.6 is 0 Å². The first-order valence-corrected chi connectivity index (χ1v) is 8.35. The highest BCUT2D eigenvalue weighted by Gasteiger charge is 2.12. The average molecular weight is 342 g/mol. The van der Waals surface area contributed by atoms with Crippen molar-refractivity contribution in [2.24, 2.45) is 0 Å². The smallest absolute Gasteiger partial charge is 0.251 e. The maximum absolute atomic E-state index is 12.5. The van der Waals surface area contributed by atoms with Gasteiger partial charge >= 0.3 is 0 Å². The number of benzene rings is 2. The molecule has 2 aromatic carbocycles. The summed E-state index contributed by atoms with van der Waals surface area (Å²) in [7, 11) is 5.63. The standard InChI is InChI=1S/C20H26N2O3/c1-5-25-18-11-10-15(12-19(18)24-4)20(23)21-13-16-8-6-7-9-17(16)14-22(2)3/h6-12H,5,13-14H2,1-4H3,(H,21,23). The molecule has 0 radical (unpaired) electrons. The molecule has 0 fully saturated rings. The van der Waals surface area contributed by atoms with E-state index in [0.717, 1.165) is 12.1 Å². The third-order valence-corrected chi connectivity index (χ3v) is 3.77. The predicted octanol–water partition coefficient (Wildman–Crippen LogP) is 3.09. The Hall–Kier alpha value is -2.53. The van der Waals surface area contributed by atoms with Gasteiger partial charge in [-0.1, -0.05) is 24.3 Å². The van der Waals surface area contributed by atoms with Gasteiger partial charge in [-0.15, -0.1) is 0 Å². The summed E-state index contributed by atoms with van der Waals surface area (Å²) in [6.45, 7) is 3.77. The Labute approximate surface area is 149 Å². The lowest BCUT2D eigenvalue weighted by atomic mass is 10.1. The van der Waals surface area contributed by atoms with E-state index in [4.69, 9.17) is 9.47 Å². The van der Waals surface area contributed by atoms with Crippen LogP contribution in [0.1, 0.15) is 28.4 Å². The second kappa shape index (κ2) is 9.08. The number of nitrogens with zero attached hydrogens (tertiary/aromatic N) is 1. The molecule has 0 aliphatic rings. The van der Waals surface area contributed by atoms with E-state index in [0.29, 0.717) is 30.2 Å². The van der Waals surface area contributed by atoms with E-state index in [-0.39, 0.29) is 5.91 Å². The van der Waals surface area contributed by atoms with Crippen LogP contribution in [-0.2, 0) is 13.1 Å². The van der Waals surface area contributed by atoms with Gasteiger partial charge < -0.3 is 19.7 Å². The number of hydrogen-bond acceptors (Lipinski definition) is 4. The number of ether oxygens (including phenoxy) is 2. The van der Waals surface area contributed by atoms with Crippen molar-refractivity contribution in [1.29, 1.82) is 0 Å². The molecule has 25 heavy (non-hydrogen) atoms. The van der Waals surface area contributed by atoms with Crippen LogP contribution in [0, 0.1) is 0 Å². The lowest BCUT2D eigenvalue weighted by molar-refractivity contribution is 0.0950. The summed E-state index contributed by atoms with van der Waals surface area (Å²) in [5, 5.41) is 2.98. The summed E-state index contributed by atoms with van der Waals surface area (Å²) in [5.74, 6) is 1.06. The number of methoxy groups -OCH3 is 1. The van der Waals surface area contributed by atoms with E-state index in [1.165, 1.54) is 5.56 Å². The number of hydrogen-bond donors (Lipinski definition) is 1. The summed E-state index contributed by atoms with van der Waals surface area (Å²) in [4.78, 5) is 14.6. The molecule has 1 amide bonds. The fourth-order valence-electron chi connectivity index (χ4n) is 2.59. The summed E-state index contributed by atoms with van der Waals surface area (Å²) >= 11 is 0. The molecule has 0 aromatic heterocycles. The van der Waals surface area contributed by atoms with E-state index in [9.17, 15) is 4.79 Å². The minimum absolute atomic E-state index is 0.138. The second-order valence-corrected chi connectivity index (χ2v) is 5.99. The monoisotopic (exact) mass is 342 g/mol. The van der Waals surface area contributed by atoms with Crippen LogP contribution in [0.25, 0.3) is 0 Å². The van der Waals surface area contributed by atoms with Gasteiger partial charge in [0.15, 0.2) is 11.5 Å². The molecule has 134 valence electrons. The molecule has 0 aliphatic heterocycles. The number of carbonyl (C=O) groups is 1. The van der Waals surface area contributed by atoms with Crippen LogP contribution in [0.2, 0.25) is 0 Å².